The lowest BCUT2D eigenvalue weighted by Crippen LogP contribution is -2.43. The zero-order valence-corrected chi connectivity index (χ0v) is 11.4. The highest BCUT2D eigenvalue weighted by molar-refractivity contribution is 5.68. The number of nitrogens with one attached hydrogen (secondary N) is 1. The Morgan fingerprint density at radius 2 is 1.76 bits per heavy atom. The van der Waals surface area contributed by atoms with Crippen LogP contribution < -0.4 is 5.32 Å². The number of carbonyl (C=O) groups is 1. The molecule has 0 aromatic heterocycles. The molecule has 0 aromatic rings. The minimum Gasteiger partial charge on any atom is -0.444 e. The first-order chi connectivity index (χ1) is 7.59. The van der Waals surface area contributed by atoms with Crippen molar-refractivity contribution < 1.29 is 19.7 Å². The quantitative estimate of drug-likeness (QED) is 0.684. The summed E-state index contributed by atoms with van der Waals surface area (Å²) in [7, 11) is 0. The van der Waals surface area contributed by atoms with Crippen molar-refractivity contribution in [3.63, 3.8) is 0 Å². The smallest absolute Gasteiger partial charge is 0.407 e. The van der Waals surface area contributed by atoms with Crippen LogP contribution in [0.2, 0.25) is 0 Å². The van der Waals surface area contributed by atoms with Crippen LogP contribution in [0.1, 0.15) is 41.0 Å². The molecule has 0 aromatic carbocycles. The third-order valence-corrected chi connectivity index (χ3v) is 2.17. The molecule has 0 saturated carbocycles. The average Bonchev–Trinajstić information content (AvgIpc) is 2.13. The van der Waals surface area contributed by atoms with Crippen LogP contribution in [-0.4, -0.2) is 41.2 Å². The maximum Gasteiger partial charge on any atom is 0.407 e. The van der Waals surface area contributed by atoms with Gasteiger partial charge in [0.25, 0.3) is 0 Å². The molecule has 0 fully saturated rings. The van der Waals surface area contributed by atoms with Crippen molar-refractivity contribution in [2.24, 2.45) is 5.41 Å². The van der Waals surface area contributed by atoms with E-state index in [1.165, 1.54) is 0 Å². The standard InChI is InChI=1S/C12H25NO4/c1-11(2,3)17-10(16)13-9(7-14)6-12(4,5)8-15/h9,14-15H,6-8H2,1-5H3,(H,13,16)/t9-/m0/s1. The molecule has 0 unspecified atom stereocenters. The first kappa shape index (κ1) is 16.2. The van der Waals surface area contributed by atoms with Crippen molar-refractivity contribution in [3.8, 4) is 0 Å². The predicted octanol–water partition coefficient (Wildman–Crippen LogP) is 1.28. The van der Waals surface area contributed by atoms with Gasteiger partial charge < -0.3 is 20.3 Å². The SMILES string of the molecule is CC(C)(CO)C[C@@H](CO)NC(=O)OC(C)(C)C. The molecule has 0 aliphatic rings. The average molecular weight is 247 g/mol. The summed E-state index contributed by atoms with van der Waals surface area (Å²) in [6, 6.07) is -0.410. The predicted molar refractivity (Wildman–Crippen MR) is 65.7 cm³/mol. The summed E-state index contributed by atoms with van der Waals surface area (Å²) >= 11 is 0. The number of ether oxygens (including phenoxy) is 1. The topological polar surface area (TPSA) is 78.8 Å². The van der Waals surface area contributed by atoms with E-state index in [-0.39, 0.29) is 18.6 Å². The van der Waals surface area contributed by atoms with Crippen LogP contribution in [0.25, 0.3) is 0 Å². The van der Waals surface area contributed by atoms with Crippen LogP contribution in [0.15, 0.2) is 0 Å². The van der Waals surface area contributed by atoms with Crippen molar-refractivity contribution in [3.05, 3.63) is 0 Å². The molecular weight excluding hydrogens is 222 g/mol. The van der Waals surface area contributed by atoms with Gasteiger partial charge in [0.05, 0.1) is 12.6 Å². The van der Waals surface area contributed by atoms with Gasteiger partial charge in [-0.1, -0.05) is 13.8 Å². The summed E-state index contributed by atoms with van der Waals surface area (Å²) < 4.78 is 5.09. The number of carbonyl (C=O) groups excluding carboxylic acids is 1. The van der Waals surface area contributed by atoms with E-state index in [0.717, 1.165) is 0 Å². The Morgan fingerprint density at radius 1 is 1.24 bits per heavy atom. The van der Waals surface area contributed by atoms with E-state index in [1.807, 2.05) is 13.8 Å². The number of hydrogen-bond donors (Lipinski definition) is 3. The molecule has 0 aliphatic carbocycles. The van der Waals surface area contributed by atoms with Crippen LogP contribution in [0.5, 0.6) is 0 Å². The Kier molecular flexibility index (Phi) is 5.92. The Hall–Kier alpha value is -0.810. The van der Waals surface area contributed by atoms with E-state index in [0.29, 0.717) is 6.42 Å². The second kappa shape index (κ2) is 6.21. The number of rotatable bonds is 5. The first-order valence-electron chi connectivity index (χ1n) is 5.81. The van der Waals surface area contributed by atoms with Gasteiger partial charge in [-0.15, -0.1) is 0 Å². The van der Waals surface area contributed by atoms with Gasteiger partial charge in [-0.25, -0.2) is 4.79 Å². The van der Waals surface area contributed by atoms with Gasteiger partial charge in [-0.2, -0.15) is 0 Å². The molecule has 3 N–H and O–H groups in total. The van der Waals surface area contributed by atoms with E-state index < -0.39 is 17.7 Å². The van der Waals surface area contributed by atoms with Crippen molar-refractivity contribution in [2.75, 3.05) is 13.2 Å². The fourth-order valence-electron chi connectivity index (χ4n) is 1.37. The maximum absolute atomic E-state index is 11.5. The maximum atomic E-state index is 11.5. The summed E-state index contributed by atoms with van der Waals surface area (Å²) in [4.78, 5) is 11.5. The van der Waals surface area contributed by atoms with E-state index >= 15 is 0 Å². The highest BCUT2D eigenvalue weighted by Gasteiger charge is 2.25. The monoisotopic (exact) mass is 247 g/mol. The summed E-state index contributed by atoms with van der Waals surface area (Å²) in [5, 5.41) is 20.9. The number of aliphatic hydroxyl groups excluding tert-OH is 2. The van der Waals surface area contributed by atoms with Crippen molar-refractivity contribution in [2.45, 2.75) is 52.7 Å². The fourth-order valence-corrected chi connectivity index (χ4v) is 1.37. The summed E-state index contributed by atoms with van der Waals surface area (Å²) in [6.45, 7) is 8.88. The van der Waals surface area contributed by atoms with Crippen LogP contribution in [0.3, 0.4) is 0 Å². The van der Waals surface area contributed by atoms with Gasteiger partial charge in [0.2, 0.25) is 0 Å². The molecule has 5 nitrogen and oxygen atoms in total. The molecule has 0 radical (unpaired) electrons. The van der Waals surface area contributed by atoms with Crippen LogP contribution in [0, 0.1) is 5.41 Å². The zero-order chi connectivity index (χ0) is 13.7. The normalized spacial score (nSPS) is 14.3. The molecule has 0 saturated heterocycles. The Balaban J connectivity index is 4.27. The molecule has 5 heteroatoms. The lowest BCUT2D eigenvalue weighted by atomic mass is 9.87. The van der Waals surface area contributed by atoms with Crippen molar-refractivity contribution >= 4 is 6.09 Å². The van der Waals surface area contributed by atoms with E-state index in [4.69, 9.17) is 9.84 Å². The number of amides is 1. The van der Waals surface area contributed by atoms with Crippen molar-refractivity contribution in [1.29, 1.82) is 0 Å². The summed E-state index contributed by atoms with van der Waals surface area (Å²) in [5.41, 5.74) is -0.904. The third-order valence-electron chi connectivity index (χ3n) is 2.17. The largest absolute Gasteiger partial charge is 0.444 e. The molecule has 1 atom stereocenters. The van der Waals surface area contributed by atoms with Gasteiger partial charge in [-0.05, 0) is 32.6 Å². The van der Waals surface area contributed by atoms with Gasteiger partial charge in [0, 0.05) is 6.61 Å². The van der Waals surface area contributed by atoms with Crippen molar-refractivity contribution in [1.82, 2.24) is 5.32 Å². The summed E-state index contributed by atoms with van der Waals surface area (Å²) in [5.74, 6) is 0. The highest BCUT2D eigenvalue weighted by atomic mass is 16.6. The Labute approximate surface area is 103 Å². The second-order valence-corrected chi connectivity index (χ2v) is 6.05. The molecular formula is C12H25NO4. The molecule has 0 rings (SSSR count). The number of hydrogen-bond acceptors (Lipinski definition) is 4. The first-order valence-corrected chi connectivity index (χ1v) is 5.81. The van der Waals surface area contributed by atoms with E-state index in [1.54, 1.807) is 20.8 Å². The molecule has 1 amide bonds. The molecule has 0 aliphatic heterocycles. The lowest BCUT2D eigenvalue weighted by molar-refractivity contribution is 0.0442. The van der Waals surface area contributed by atoms with Crippen LogP contribution >= 0.6 is 0 Å². The summed E-state index contributed by atoms with van der Waals surface area (Å²) in [6.07, 6.45) is -0.0653. The lowest BCUT2D eigenvalue weighted by Gasteiger charge is -2.28. The van der Waals surface area contributed by atoms with Gasteiger partial charge in [0.15, 0.2) is 0 Å². The van der Waals surface area contributed by atoms with E-state index in [9.17, 15) is 9.90 Å². The highest BCUT2D eigenvalue weighted by Crippen LogP contribution is 2.21. The Morgan fingerprint density at radius 3 is 2.12 bits per heavy atom. The third kappa shape index (κ3) is 7.99. The number of alkyl carbamates (subject to hydrolysis) is 1. The van der Waals surface area contributed by atoms with Gasteiger partial charge >= 0.3 is 6.09 Å². The van der Waals surface area contributed by atoms with Crippen LogP contribution in [0.4, 0.5) is 4.79 Å². The molecule has 0 spiro atoms. The fraction of sp³-hybridized carbons (Fsp3) is 0.917. The van der Waals surface area contributed by atoms with E-state index in [2.05, 4.69) is 5.32 Å². The van der Waals surface area contributed by atoms with Gasteiger partial charge in [-0.3, -0.25) is 0 Å². The Bertz CT molecular complexity index is 245. The second-order valence-electron chi connectivity index (χ2n) is 6.05. The molecule has 102 valence electrons. The molecule has 0 heterocycles. The number of aliphatic hydroxyl groups is 2. The minimum atomic E-state index is -0.559. The van der Waals surface area contributed by atoms with Gasteiger partial charge in [0.1, 0.15) is 5.60 Å². The minimum absolute atomic E-state index is 0.000498. The van der Waals surface area contributed by atoms with Crippen LogP contribution in [-0.2, 0) is 4.74 Å². The molecule has 0 bridgehead atoms. The zero-order valence-electron chi connectivity index (χ0n) is 11.4. The molecule has 17 heavy (non-hydrogen) atoms.